The standard InChI is InChI=1S/C25H32N4O2S/c1-6-17(4)15-29(14-16(2)3)23-12-11-19(20-9-7-8-10-21(20)24(30)31)13-22(23)26-25-28-27-18(5)32-25/h7-13,16-17H,6,14-15H2,1-5H3,(H,26,28)(H,30,31). The maximum Gasteiger partial charge on any atom is 0.336 e. The fourth-order valence-electron chi connectivity index (χ4n) is 3.68. The average Bonchev–Trinajstić information content (AvgIpc) is 3.17. The summed E-state index contributed by atoms with van der Waals surface area (Å²) in [7, 11) is 0. The molecule has 7 heteroatoms. The quantitative estimate of drug-likeness (QED) is 0.367. The molecule has 0 fully saturated rings. The van der Waals surface area contributed by atoms with E-state index in [1.165, 1.54) is 11.3 Å². The number of hydrogen-bond acceptors (Lipinski definition) is 6. The second kappa shape index (κ2) is 10.6. The van der Waals surface area contributed by atoms with Gasteiger partial charge in [0.2, 0.25) is 5.13 Å². The highest BCUT2D eigenvalue weighted by Gasteiger charge is 2.19. The van der Waals surface area contributed by atoms with Crippen molar-refractivity contribution in [2.24, 2.45) is 11.8 Å². The van der Waals surface area contributed by atoms with Gasteiger partial charge in [-0.05, 0) is 48.1 Å². The van der Waals surface area contributed by atoms with Crippen molar-refractivity contribution in [1.82, 2.24) is 10.2 Å². The molecule has 1 aromatic heterocycles. The summed E-state index contributed by atoms with van der Waals surface area (Å²) in [6, 6.07) is 13.2. The highest BCUT2D eigenvalue weighted by molar-refractivity contribution is 7.15. The Kier molecular flexibility index (Phi) is 7.85. The van der Waals surface area contributed by atoms with Gasteiger partial charge in [-0.1, -0.05) is 69.7 Å². The van der Waals surface area contributed by atoms with Crippen molar-refractivity contribution in [3.63, 3.8) is 0 Å². The number of benzene rings is 2. The normalized spacial score (nSPS) is 12.1. The fraction of sp³-hybridized carbons (Fsp3) is 0.400. The third-order valence-corrected chi connectivity index (χ3v) is 6.14. The van der Waals surface area contributed by atoms with E-state index in [1.54, 1.807) is 12.1 Å². The largest absolute Gasteiger partial charge is 0.478 e. The zero-order chi connectivity index (χ0) is 23.3. The average molecular weight is 453 g/mol. The molecular formula is C25H32N4O2S. The minimum Gasteiger partial charge on any atom is -0.478 e. The van der Waals surface area contributed by atoms with Gasteiger partial charge in [-0.15, -0.1) is 10.2 Å². The molecule has 0 saturated heterocycles. The number of aromatic nitrogens is 2. The Hall–Kier alpha value is -2.93. The SMILES string of the molecule is CCC(C)CN(CC(C)C)c1ccc(-c2ccccc2C(=O)O)cc1Nc1nnc(C)s1. The molecule has 0 aliphatic heterocycles. The number of hydrogen-bond donors (Lipinski definition) is 2. The predicted molar refractivity (Wildman–Crippen MR) is 133 cm³/mol. The monoisotopic (exact) mass is 452 g/mol. The lowest BCUT2D eigenvalue weighted by molar-refractivity contribution is 0.0697. The molecule has 0 amide bonds. The van der Waals surface area contributed by atoms with Crippen LogP contribution < -0.4 is 10.2 Å². The number of carboxylic acids is 1. The van der Waals surface area contributed by atoms with Crippen LogP contribution in [0.4, 0.5) is 16.5 Å². The molecule has 1 atom stereocenters. The van der Waals surface area contributed by atoms with Crippen molar-refractivity contribution in [2.45, 2.75) is 41.0 Å². The van der Waals surface area contributed by atoms with Crippen molar-refractivity contribution in [3.05, 3.63) is 53.0 Å². The topological polar surface area (TPSA) is 78.4 Å². The van der Waals surface area contributed by atoms with E-state index < -0.39 is 5.97 Å². The Labute approximate surface area is 194 Å². The molecule has 32 heavy (non-hydrogen) atoms. The predicted octanol–water partition coefficient (Wildman–Crippen LogP) is 6.46. The Morgan fingerprint density at radius 1 is 1.12 bits per heavy atom. The van der Waals surface area contributed by atoms with Gasteiger partial charge >= 0.3 is 5.97 Å². The molecule has 0 saturated carbocycles. The molecule has 170 valence electrons. The molecule has 3 aromatic rings. The first-order chi connectivity index (χ1) is 15.3. The number of carbonyl (C=O) groups is 1. The van der Waals surface area contributed by atoms with Crippen molar-refractivity contribution in [2.75, 3.05) is 23.3 Å². The number of carboxylic acid groups (broad SMARTS) is 1. The van der Waals surface area contributed by atoms with E-state index >= 15 is 0 Å². The van der Waals surface area contributed by atoms with Crippen LogP contribution in [-0.4, -0.2) is 34.4 Å². The fourth-order valence-corrected chi connectivity index (χ4v) is 4.28. The molecule has 1 unspecified atom stereocenters. The maximum atomic E-state index is 11.8. The van der Waals surface area contributed by atoms with Crippen LogP contribution in [0.2, 0.25) is 0 Å². The first kappa shape index (κ1) is 23.7. The smallest absolute Gasteiger partial charge is 0.336 e. The molecule has 2 N–H and O–H groups in total. The van der Waals surface area contributed by atoms with Crippen LogP contribution >= 0.6 is 11.3 Å². The van der Waals surface area contributed by atoms with E-state index in [9.17, 15) is 9.90 Å². The minimum absolute atomic E-state index is 0.289. The van der Waals surface area contributed by atoms with E-state index in [0.29, 0.717) is 17.4 Å². The third-order valence-electron chi connectivity index (χ3n) is 5.39. The minimum atomic E-state index is -0.933. The lowest BCUT2D eigenvalue weighted by Gasteiger charge is -2.31. The van der Waals surface area contributed by atoms with Crippen LogP contribution in [0.15, 0.2) is 42.5 Å². The lowest BCUT2D eigenvalue weighted by atomic mass is 9.98. The van der Waals surface area contributed by atoms with Gasteiger partial charge in [0, 0.05) is 13.1 Å². The Morgan fingerprint density at radius 3 is 2.50 bits per heavy atom. The highest BCUT2D eigenvalue weighted by atomic mass is 32.1. The molecule has 6 nitrogen and oxygen atoms in total. The van der Waals surface area contributed by atoms with Gasteiger partial charge in [-0.3, -0.25) is 0 Å². The first-order valence-electron chi connectivity index (χ1n) is 11.1. The first-order valence-corrected chi connectivity index (χ1v) is 11.9. The summed E-state index contributed by atoms with van der Waals surface area (Å²) >= 11 is 1.50. The molecule has 0 spiro atoms. The molecule has 0 aliphatic carbocycles. The summed E-state index contributed by atoms with van der Waals surface area (Å²) in [4.78, 5) is 14.2. The number of anilines is 3. The van der Waals surface area contributed by atoms with Crippen molar-refractivity contribution < 1.29 is 9.90 Å². The van der Waals surface area contributed by atoms with Crippen molar-refractivity contribution in [3.8, 4) is 11.1 Å². The van der Waals surface area contributed by atoms with Crippen LogP contribution in [0.3, 0.4) is 0 Å². The summed E-state index contributed by atoms with van der Waals surface area (Å²) in [6.45, 7) is 12.7. The second-order valence-corrected chi connectivity index (χ2v) is 9.83. The highest BCUT2D eigenvalue weighted by Crippen LogP contribution is 2.36. The van der Waals surface area contributed by atoms with Gasteiger partial charge in [0.25, 0.3) is 0 Å². The zero-order valence-electron chi connectivity index (χ0n) is 19.4. The molecule has 3 rings (SSSR count). The Bertz CT molecular complexity index is 1060. The van der Waals surface area contributed by atoms with E-state index in [-0.39, 0.29) is 5.56 Å². The number of nitrogens with one attached hydrogen (secondary N) is 1. The third kappa shape index (κ3) is 5.85. The summed E-state index contributed by atoms with van der Waals surface area (Å²) < 4.78 is 0. The Balaban J connectivity index is 2.10. The number of nitrogens with zero attached hydrogens (tertiary/aromatic N) is 3. The maximum absolute atomic E-state index is 11.8. The molecule has 1 heterocycles. The summed E-state index contributed by atoms with van der Waals surface area (Å²) in [5.74, 6) is 0.123. The number of rotatable bonds is 10. The van der Waals surface area contributed by atoms with Gasteiger partial charge in [-0.25, -0.2) is 4.79 Å². The Morgan fingerprint density at radius 2 is 1.88 bits per heavy atom. The number of aromatic carboxylic acids is 1. The lowest BCUT2D eigenvalue weighted by Crippen LogP contribution is -2.32. The van der Waals surface area contributed by atoms with Gasteiger partial charge < -0.3 is 15.3 Å². The van der Waals surface area contributed by atoms with Gasteiger partial charge in [-0.2, -0.15) is 0 Å². The van der Waals surface area contributed by atoms with Crippen molar-refractivity contribution >= 4 is 33.8 Å². The molecular weight excluding hydrogens is 420 g/mol. The molecule has 0 radical (unpaired) electrons. The van der Waals surface area contributed by atoms with Gasteiger partial charge in [0.1, 0.15) is 5.01 Å². The van der Waals surface area contributed by atoms with E-state index in [4.69, 9.17) is 0 Å². The van der Waals surface area contributed by atoms with Crippen LogP contribution in [0, 0.1) is 18.8 Å². The van der Waals surface area contributed by atoms with Gasteiger partial charge in [0.05, 0.1) is 16.9 Å². The van der Waals surface area contributed by atoms with Crippen LogP contribution in [-0.2, 0) is 0 Å². The van der Waals surface area contributed by atoms with E-state index in [0.717, 1.165) is 46.6 Å². The van der Waals surface area contributed by atoms with Crippen LogP contribution in [0.5, 0.6) is 0 Å². The van der Waals surface area contributed by atoms with Crippen LogP contribution in [0.1, 0.15) is 49.5 Å². The zero-order valence-corrected chi connectivity index (χ0v) is 20.2. The van der Waals surface area contributed by atoms with Gasteiger partial charge in [0.15, 0.2) is 0 Å². The molecule has 0 aliphatic rings. The van der Waals surface area contributed by atoms with E-state index in [2.05, 4.69) is 54.2 Å². The summed E-state index contributed by atoms with van der Waals surface area (Å²) in [5.41, 5.74) is 3.83. The summed E-state index contributed by atoms with van der Waals surface area (Å²) in [6.07, 6.45) is 1.11. The van der Waals surface area contributed by atoms with E-state index in [1.807, 2.05) is 31.2 Å². The molecule has 0 bridgehead atoms. The van der Waals surface area contributed by atoms with Crippen LogP contribution in [0.25, 0.3) is 11.1 Å². The molecule has 2 aromatic carbocycles. The summed E-state index contributed by atoms with van der Waals surface area (Å²) in [5, 5.41) is 23.1. The van der Waals surface area contributed by atoms with Crippen molar-refractivity contribution in [1.29, 1.82) is 0 Å². The second-order valence-electron chi connectivity index (χ2n) is 8.65. The number of aryl methyl sites for hydroxylation is 1.